The number of rotatable bonds is 2. The Balaban J connectivity index is 2.10. The van der Waals surface area contributed by atoms with Crippen LogP contribution >= 0.6 is 46.0 Å². The zero-order chi connectivity index (χ0) is 12.7. The van der Waals surface area contributed by atoms with E-state index in [0.717, 1.165) is 25.3 Å². The van der Waals surface area contributed by atoms with Crippen molar-refractivity contribution in [3.05, 3.63) is 27.3 Å². The summed E-state index contributed by atoms with van der Waals surface area (Å²) in [6.45, 7) is 4.04. The summed E-state index contributed by atoms with van der Waals surface area (Å²) in [6, 6.07) is 2.10. The summed E-state index contributed by atoms with van der Waals surface area (Å²) in [4.78, 5) is 15.1. The predicted molar refractivity (Wildman–Crippen MR) is 78.1 cm³/mol. The molecule has 3 aromatic heterocycles. The van der Waals surface area contributed by atoms with E-state index in [2.05, 4.69) is 27.9 Å². The Hall–Kier alpha value is -0.690. The van der Waals surface area contributed by atoms with E-state index in [9.17, 15) is 0 Å². The first kappa shape index (κ1) is 12.3. The predicted octanol–water partition coefficient (Wildman–Crippen LogP) is 4.57. The monoisotopic (exact) mass is 313 g/mol. The molecule has 0 bridgehead atoms. The van der Waals surface area contributed by atoms with E-state index in [0.29, 0.717) is 5.28 Å². The number of fused-ring (bicyclic) bond motifs is 1. The molecule has 0 radical (unpaired) electrons. The lowest BCUT2D eigenvalue weighted by molar-refractivity contribution is 1.10. The summed E-state index contributed by atoms with van der Waals surface area (Å²) in [5, 5.41) is 4.25. The Kier molecular flexibility index (Phi) is 3.27. The maximum atomic E-state index is 5.96. The Morgan fingerprint density at radius 2 is 2.06 bits per heavy atom. The van der Waals surface area contributed by atoms with Crippen LogP contribution in [0.15, 0.2) is 20.8 Å². The third-order valence-electron chi connectivity index (χ3n) is 2.24. The van der Waals surface area contributed by atoms with Crippen molar-refractivity contribution in [3.8, 4) is 0 Å². The van der Waals surface area contributed by atoms with E-state index in [1.807, 2.05) is 12.3 Å². The minimum Gasteiger partial charge on any atom is -0.235 e. The van der Waals surface area contributed by atoms with Gasteiger partial charge in [0.1, 0.15) is 9.86 Å². The first-order valence-corrected chi connectivity index (χ1v) is 8.04. The zero-order valence-electron chi connectivity index (χ0n) is 9.60. The van der Waals surface area contributed by atoms with Gasteiger partial charge >= 0.3 is 0 Å². The Morgan fingerprint density at radius 1 is 1.22 bits per heavy atom. The van der Waals surface area contributed by atoms with Crippen LogP contribution in [-0.4, -0.2) is 15.0 Å². The van der Waals surface area contributed by atoms with Crippen LogP contribution < -0.4 is 0 Å². The van der Waals surface area contributed by atoms with E-state index >= 15 is 0 Å². The lowest BCUT2D eigenvalue weighted by Gasteiger charge is -1.99. The van der Waals surface area contributed by atoms with Crippen molar-refractivity contribution in [1.29, 1.82) is 0 Å². The molecule has 0 aromatic carbocycles. The average Bonchev–Trinajstić information content (AvgIpc) is 2.84. The molecule has 0 unspecified atom stereocenters. The summed E-state index contributed by atoms with van der Waals surface area (Å²) in [7, 11) is 0. The summed E-state index contributed by atoms with van der Waals surface area (Å²) in [5.41, 5.74) is 1.03. The zero-order valence-corrected chi connectivity index (χ0v) is 12.8. The van der Waals surface area contributed by atoms with Crippen LogP contribution in [0.2, 0.25) is 5.28 Å². The fourth-order valence-corrected chi connectivity index (χ4v) is 4.59. The second kappa shape index (κ2) is 4.77. The number of thiazole rings is 1. The van der Waals surface area contributed by atoms with E-state index in [1.165, 1.54) is 4.88 Å². The molecule has 0 aliphatic rings. The molecule has 0 aliphatic carbocycles. The molecular weight excluding hydrogens is 306 g/mol. The molecule has 3 heterocycles. The Bertz CT molecular complexity index is 719. The molecule has 0 atom stereocenters. The second-order valence-electron chi connectivity index (χ2n) is 3.73. The van der Waals surface area contributed by atoms with E-state index < -0.39 is 0 Å². The summed E-state index contributed by atoms with van der Waals surface area (Å²) < 4.78 is 0.979. The van der Waals surface area contributed by atoms with E-state index in [-0.39, 0.29) is 0 Å². The summed E-state index contributed by atoms with van der Waals surface area (Å²) >= 11 is 10.8. The van der Waals surface area contributed by atoms with Crippen molar-refractivity contribution in [2.45, 2.75) is 23.2 Å². The molecule has 92 valence electrons. The number of thiophene rings is 1. The van der Waals surface area contributed by atoms with Crippen LogP contribution in [0.4, 0.5) is 0 Å². The highest BCUT2D eigenvalue weighted by molar-refractivity contribution is 8.01. The average molecular weight is 314 g/mol. The number of nitrogens with zero attached hydrogens (tertiary/aromatic N) is 3. The highest BCUT2D eigenvalue weighted by atomic mass is 35.5. The van der Waals surface area contributed by atoms with Crippen LogP contribution in [-0.2, 0) is 0 Å². The lowest BCUT2D eigenvalue weighted by atomic mass is 10.4. The number of aromatic nitrogens is 3. The maximum Gasteiger partial charge on any atom is 0.224 e. The van der Waals surface area contributed by atoms with Gasteiger partial charge in [-0.15, -0.1) is 22.7 Å². The van der Waals surface area contributed by atoms with Gasteiger partial charge in [-0.1, -0.05) is 0 Å². The van der Waals surface area contributed by atoms with Crippen LogP contribution in [0.3, 0.4) is 0 Å². The molecule has 0 saturated carbocycles. The fourth-order valence-electron chi connectivity index (χ4n) is 1.53. The van der Waals surface area contributed by atoms with Gasteiger partial charge < -0.3 is 0 Å². The minimum atomic E-state index is 0.292. The maximum absolute atomic E-state index is 5.96. The standard InChI is InChI=1S/C11H8ClN3S3/c1-5-4-16-11(13-5)18-9-7-3-6(2)17-8(7)14-10(12)15-9/h3-4H,1-2H3. The van der Waals surface area contributed by atoms with Crippen LogP contribution in [0.25, 0.3) is 10.2 Å². The molecule has 3 nitrogen and oxygen atoms in total. The van der Waals surface area contributed by atoms with Gasteiger partial charge in [0.2, 0.25) is 5.28 Å². The third-order valence-corrected chi connectivity index (χ3v) is 5.41. The van der Waals surface area contributed by atoms with Crippen molar-refractivity contribution in [1.82, 2.24) is 15.0 Å². The van der Waals surface area contributed by atoms with Gasteiger partial charge in [0.25, 0.3) is 0 Å². The minimum absolute atomic E-state index is 0.292. The molecule has 7 heteroatoms. The lowest BCUT2D eigenvalue weighted by Crippen LogP contribution is -1.86. The van der Waals surface area contributed by atoms with Crippen molar-refractivity contribution >= 4 is 56.3 Å². The van der Waals surface area contributed by atoms with Gasteiger partial charge in [0.05, 0.1) is 0 Å². The third kappa shape index (κ3) is 2.38. The second-order valence-corrected chi connectivity index (χ2v) is 7.40. The summed E-state index contributed by atoms with van der Waals surface area (Å²) in [5.74, 6) is 0. The van der Waals surface area contributed by atoms with Gasteiger partial charge in [0.15, 0.2) is 4.34 Å². The molecule has 0 amide bonds. The van der Waals surface area contributed by atoms with E-state index in [1.54, 1.807) is 34.4 Å². The number of aryl methyl sites for hydroxylation is 2. The molecule has 0 spiro atoms. The van der Waals surface area contributed by atoms with Gasteiger partial charge in [-0.05, 0) is 43.3 Å². The Morgan fingerprint density at radius 3 is 2.78 bits per heavy atom. The molecule has 0 saturated heterocycles. The molecule has 0 N–H and O–H groups in total. The van der Waals surface area contributed by atoms with E-state index in [4.69, 9.17) is 11.6 Å². The summed E-state index contributed by atoms with van der Waals surface area (Å²) in [6.07, 6.45) is 0. The van der Waals surface area contributed by atoms with Crippen LogP contribution in [0, 0.1) is 13.8 Å². The molecule has 18 heavy (non-hydrogen) atoms. The van der Waals surface area contributed by atoms with Crippen molar-refractivity contribution in [2.24, 2.45) is 0 Å². The fraction of sp³-hybridized carbons (Fsp3) is 0.182. The van der Waals surface area contributed by atoms with Crippen molar-refractivity contribution in [2.75, 3.05) is 0 Å². The topological polar surface area (TPSA) is 38.7 Å². The van der Waals surface area contributed by atoms with Crippen LogP contribution in [0.1, 0.15) is 10.6 Å². The van der Waals surface area contributed by atoms with Crippen molar-refractivity contribution in [3.63, 3.8) is 0 Å². The number of hydrogen-bond acceptors (Lipinski definition) is 6. The largest absolute Gasteiger partial charge is 0.235 e. The normalized spacial score (nSPS) is 11.3. The van der Waals surface area contributed by atoms with Gasteiger partial charge in [0, 0.05) is 21.3 Å². The number of hydrogen-bond donors (Lipinski definition) is 0. The first-order valence-electron chi connectivity index (χ1n) is 5.15. The first-order chi connectivity index (χ1) is 8.61. The van der Waals surface area contributed by atoms with Crippen LogP contribution in [0.5, 0.6) is 0 Å². The SMILES string of the molecule is Cc1csc(Sc2nc(Cl)nc3sc(C)cc23)n1. The highest BCUT2D eigenvalue weighted by Crippen LogP contribution is 2.36. The molecule has 0 fully saturated rings. The molecule has 3 aromatic rings. The van der Waals surface area contributed by atoms with Gasteiger partial charge in [-0.2, -0.15) is 0 Å². The highest BCUT2D eigenvalue weighted by Gasteiger charge is 2.12. The molecule has 0 aliphatic heterocycles. The van der Waals surface area contributed by atoms with Gasteiger partial charge in [-0.25, -0.2) is 15.0 Å². The number of halogens is 1. The quantitative estimate of drug-likeness (QED) is 0.513. The smallest absolute Gasteiger partial charge is 0.224 e. The Labute approximate surface area is 121 Å². The molecular formula is C11H8ClN3S3. The van der Waals surface area contributed by atoms with Gasteiger partial charge in [-0.3, -0.25) is 0 Å². The molecule has 3 rings (SSSR count). The van der Waals surface area contributed by atoms with Crippen molar-refractivity contribution < 1.29 is 0 Å².